The molecule has 0 bridgehead atoms. The number of nitrogens with zero attached hydrogens (tertiary/aromatic N) is 9. The normalized spacial score (nSPS) is 22.7. The van der Waals surface area contributed by atoms with Crippen LogP contribution in [0.1, 0.15) is 26.2 Å². The van der Waals surface area contributed by atoms with Gasteiger partial charge in [-0.25, -0.2) is 9.50 Å². The largest absolute Gasteiger partial charge is 0.382 e. The van der Waals surface area contributed by atoms with Crippen molar-refractivity contribution in [2.45, 2.75) is 31.7 Å². The molecule has 31 heavy (non-hydrogen) atoms. The van der Waals surface area contributed by atoms with E-state index < -0.39 is 11.0 Å². The van der Waals surface area contributed by atoms with Crippen molar-refractivity contribution < 1.29 is 0 Å². The molecule has 154 valence electrons. The van der Waals surface area contributed by atoms with Crippen molar-refractivity contribution in [3.05, 3.63) is 37.1 Å². The van der Waals surface area contributed by atoms with Crippen LogP contribution in [0.2, 0.25) is 0 Å². The van der Waals surface area contributed by atoms with Crippen LogP contribution in [0.5, 0.6) is 0 Å². The second kappa shape index (κ2) is 6.41. The van der Waals surface area contributed by atoms with Gasteiger partial charge in [-0.1, -0.05) is 0 Å². The third-order valence-electron chi connectivity index (χ3n) is 5.99. The number of anilines is 1. The predicted octanol–water partition coefficient (Wildman–Crippen LogP) is 2.51. The minimum absolute atomic E-state index is 0.260. The van der Waals surface area contributed by atoms with Crippen molar-refractivity contribution in [3.8, 4) is 34.7 Å². The number of aryl methyl sites for hydroxylation is 1. The number of nitriles is 2. The maximum Gasteiger partial charge on any atom is 0.155 e. The van der Waals surface area contributed by atoms with E-state index in [1.807, 2.05) is 38.6 Å². The molecule has 10 heteroatoms. The Balaban J connectivity index is 1.64. The van der Waals surface area contributed by atoms with Gasteiger partial charge in [0, 0.05) is 25.0 Å². The first-order chi connectivity index (χ1) is 14.9. The monoisotopic (exact) mass is 412 g/mol. The van der Waals surface area contributed by atoms with Crippen LogP contribution in [-0.2, 0) is 12.6 Å². The van der Waals surface area contributed by atoms with Gasteiger partial charge in [0.05, 0.1) is 64.9 Å². The summed E-state index contributed by atoms with van der Waals surface area (Å²) in [6, 6.07) is 6.46. The molecule has 0 aliphatic heterocycles. The zero-order valence-electron chi connectivity index (χ0n) is 17.2. The van der Waals surface area contributed by atoms with Gasteiger partial charge in [-0.15, -0.1) is 0 Å². The van der Waals surface area contributed by atoms with Crippen LogP contribution in [0.15, 0.2) is 37.1 Å². The lowest BCUT2D eigenvalue weighted by atomic mass is 9.58. The highest BCUT2D eigenvalue weighted by atomic mass is 15.3. The Morgan fingerprint density at radius 2 is 2.00 bits per heavy atom. The SMILES string of the molecule is Cn1cc(-c2cn3nccc3c(-c3cn([C@]4(CC#N)C[C@](C)(C#N)C4)nc3N)n2)cn1. The molecule has 1 aliphatic carbocycles. The summed E-state index contributed by atoms with van der Waals surface area (Å²) in [6.45, 7) is 1.91. The molecular formula is C21H20N10. The molecule has 10 nitrogen and oxygen atoms in total. The first kappa shape index (κ1) is 18.8. The molecule has 0 atom stereocenters. The maximum absolute atomic E-state index is 9.45. The first-order valence-corrected chi connectivity index (χ1v) is 9.84. The molecule has 5 rings (SSSR count). The van der Waals surface area contributed by atoms with E-state index in [4.69, 9.17) is 10.7 Å². The number of hydrogen-bond donors (Lipinski definition) is 1. The molecule has 0 radical (unpaired) electrons. The Kier molecular flexibility index (Phi) is 3.89. The molecule has 0 aromatic carbocycles. The highest BCUT2D eigenvalue weighted by Gasteiger charge is 2.54. The highest BCUT2D eigenvalue weighted by Crippen LogP contribution is 2.54. The van der Waals surface area contributed by atoms with Crippen LogP contribution < -0.4 is 5.73 Å². The van der Waals surface area contributed by atoms with Gasteiger partial charge in [0.15, 0.2) is 5.82 Å². The number of rotatable bonds is 4. The topological polar surface area (TPSA) is 139 Å². The van der Waals surface area contributed by atoms with Crippen LogP contribution in [-0.4, -0.2) is 34.2 Å². The number of nitrogen functional groups attached to an aromatic ring is 1. The van der Waals surface area contributed by atoms with E-state index in [-0.39, 0.29) is 6.42 Å². The predicted molar refractivity (Wildman–Crippen MR) is 112 cm³/mol. The Labute approximate surface area is 178 Å². The van der Waals surface area contributed by atoms with Gasteiger partial charge in [0.1, 0.15) is 5.69 Å². The van der Waals surface area contributed by atoms with Crippen molar-refractivity contribution in [2.75, 3.05) is 5.73 Å². The summed E-state index contributed by atoms with van der Waals surface area (Å²) in [5.74, 6) is 0.321. The molecule has 0 saturated heterocycles. The summed E-state index contributed by atoms with van der Waals surface area (Å²) in [4.78, 5) is 4.85. The second-order valence-corrected chi connectivity index (χ2v) is 8.50. The standard InChI is InChI=1S/C21H20N10/c1-20(13-23)11-21(12-20,4-5-22)31-9-15(19(24)28-31)18-17-3-6-25-30(17)10-16(27-18)14-7-26-29(2)8-14/h3,6-10H,4,11-12H2,1-2H3,(H2,24,28)/t20-,21+. The summed E-state index contributed by atoms with van der Waals surface area (Å²) in [5, 5.41) is 32.0. The molecule has 4 aromatic heterocycles. The fourth-order valence-electron chi connectivity index (χ4n) is 4.63. The number of hydrogen-bond acceptors (Lipinski definition) is 7. The molecule has 2 N–H and O–H groups in total. The van der Waals surface area contributed by atoms with E-state index >= 15 is 0 Å². The lowest BCUT2D eigenvalue weighted by molar-refractivity contribution is 0.0201. The minimum atomic E-state index is -0.539. The lowest BCUT2D eigenvalue weighted by Crippen LogP contribution is -2.51. The fourth-order valence-corrected chi connectivity index (χ4v) is 4.63. The summed E-state index contributed by atoms with van der Waals surface area (Å²) in [7, 11) is 1.85. The molecule has 4 heterocycles. The summed E-state index contributed by atoms with van der Waals surface area (Å²) >= 11 is 0. The van der Waals surface area contributed by atoms with Crippen molar-refractivity contribution in [3.63, 3.8) is 0 Å². The molecule has 0 amide bonds. The van der Waals surface area contributed by atoms with Crippen LogP contribution in [0, 0.1) is 28.1 Å². The minimum Gasteiger partial charge on any atom is -0.382 e. The van der Waals surface area contributed by atoms with Crippen LogP contribution in [0.25, 0.3) is 28.0 Å². The van der Waals surface area contributed by atoms with E-state index in [0.717, 1.165) is 11.1 Å². The average Bonchev–Trinajstić information content (AvgIpc) is 3.45. The third kappa shape index (κ3) is 2.84. The van der Waals surface area contributed by atoms with Crippen LogP contribution >= 0.6 is 0 Å². The van der Waals surface area contributed by atoms with E-state index in [1.54, 1.807) is 26.3 Å². The van der Waals surface area contributed by atoms with Crippen LogP contribution in [0.4, 0.5) is 5.82 Å². The molecule has 1 aliphatic rings. The Bertz CT molecular complexity index is 1380. The average molecular weight is 412 g/mol. The summed E-state index contributed by atoms with van der Waals surface area (Å²) in [5.41, 5.74) is 9.01. The zero-order chi connectivity index (χ0) is 21.8. The molecule has 0 unspecified atom stereocenters. The highest BCUT2D eigenvalue weighted by molar-refractivity contribution is 5.83. The van der Waals surface area contributed by atoms with Gasteiger partial charge in [0.2, 0.25) is 0 Å². The molecule has 1 saturated carbocycles. The van der Waals surface area contributed by atoms with Crippen molar-refractivity contribution in [2.24, 2.45) is 12.5 Å². The van der Waals surface area contributed by atoms with Gasteiger partial charge >= 0.3 is 0 Å². The molecule has 1 fully saturated rings. The van der Waals surface area contributed by atoms with E-state index in [2.05, 4.69) is 27.4 Å². The van der Waals surface area contributed by atoms with E-state index in [9.17, 15) is 10.5 Å². The van der Waals surface area contributed by atoms with Gasteiger partial charge < -0.3 is 5.73 Å². The molecular weight excluding hydrogens is 392 g/mol. The Hall–Kier alpha value is -4.18. The van der Waals surface area contributed by atoms with Gasteiger partial charge in [-0.05, 0) is 25.8 Å². The smallest absolute Gasteiger partial charge is 0.155 e. The lowest BCUT2D eigenvalue weighted by Gasteiger charge is -2.50. The fraction of sp³-hybridized carbons (Fsp3) is 0.333. The maximum atomic E-state index is 9.45. The van der Waals surface area contributed by atoms with Crippen molar-refractivity contribution in [1.29, 1.82) is 10.5 Å². The summed E-state index contributed by atoms with van der Waals surface area (Å²) < 4.78 is 5.22. The molecule has 4 aromatic rings. The van der Waals surface area contributed by atoms with E-state index in [1.165, 1.54) is 0 Å². The van der Waals surface area contributed by atoms with Gasteiger partial charge in [-0.2, -0.15) is 25.8 Å². The quantitative estimate of drug-likeness (QED) is 0.543. The first-order valence-electron chi connectivity index (χ1n) is 9.84. The van der Waals surface area contributed by atoms with E-state index in [0.29, 0.717) is 35.6 Å². The van der Waals surface area contributed by atoms with Crippen molar-refractivity contribution >= 4 is 11.3 Å². The number of fused-ring (bicyclic) bond motifs is 1. The summed E-state index contributed by atoms with van der Waals surface area (Å²) in [6.07, 6.45) is 10.4. The van der Waals surface area contributed by atoms with Crippen molar-refractivity contribution in [1.82, 2.24) is 34.2 Å². The number of nitrogens with two attached hydrogens (primary N) is 1. The Morgan fingerprint density at radius 1 is 1.19 bits per heavy atom. The number of aromatic nitrogens is 7. The Morgan fingerprint density at radius 3 is 2.68 bits per heavy atom. The van der Waals surface area contributed by atoms with Gasteiger partial charge in [-0.3, -0.25) is 9.36 Å². The van der Waals surface area contributed by atoms with Gasteiger partial charge in [0.25, 0.3) is 0 Å². The van der Waals surface area contributed by atoms with Crippen LogP contribution in [0.3, 0.4) is 0 Å². The molecule has 0 spiro atoms. The zero-order valence-corrected chi connectivity index (χ0v) is 17.2. The third-order valence-corrected chi connectivity index (χ3v) is 5.99. The second-order valence-electron chi connectivity index (χ2n) is 8.50.